The lowest BCUT2D eigenvalue weighted by Crippen LogP contribution is -2.52. The summed E-state index contributed by atoms with van der Waals surface area (Å²) < 4.78 is 0. The van der Waals surface area contributed by atoms with Gasteiger partial charge in [0.2, 0.25) is 0 Å². The van der Waals surface area contributed by atoms with Crippen LogP contribution in [-0.2, 0) is 12.8 Å². The Morgan fingerprint density at radius 1 is 1.23 bits per heavy atom. The van der Waals surface area contributed by atoms with Gasteiger partial charge >= 0.3 is 0 Å². The Labute approximate surface area is 142 Å². The van der Waals surface area contributed by atoms with Crippen molar-refractivity contribution in [1.29, 1.82) is 0 Å². The zero-order chi connectivity index (χ0) is 14.2. The van der Waals surface area contributed by atoms with Crippen LogP contribution in [0.5, 0.6) is 0 Å². The highest BCUT2D eigenvalue weighted by Gasteiger charge is 2.29. The molecule has 4 nitrogen and oxygen atoms in total. The minimum absolute atomic E-state index is 0. The molecule has 1 atom stereocenters. The van der Waals surface area contributed by atoms with E-state index >= 15 is 0 Å². The second-order valence-corrected chi connectivity index (χ2v) is 7.52. The summed E-state index contributed by atoms with van der Waals surface area (Å²) in [6.45, 7) is 6.10. The molecule has 0 spiro atoms. The van der Waals surface area contributed by atoms with E-state index in [1.54, 1.807) is 11.3 Å². The van der Waals surface area contributed by atoms with Crippen molar-refractivity contribution in [3.05, 3.63) is 21.4 Å². The highest BCUT2D eigenvalue weighted by Crippen LogP contribution is 2.31. The lowest BCUT2D eigenvalue weighted by molar-refractivity contribution is 0.0588. The Morgan fingerprint density at radius 3 is 2.73 bits per heavy atom. The Morgan fingerprint density at radius 2 is 2.05 bits per heavy atom. The Balaban J connectivity index is 0.00000144. The maximum atomic E-state index is 12.6. The van der Waals surface area contributed by atoms with Crippen molar-refractivity contribution in [2.45, 2.75) is 31.7 Å². The number of hydrogen-bond donors (Lipinski definition) is 1. The molecular weight excluding hydrogens is 318 g/mol. The zero-order valence-electron chi connectivity index (χ0n) is 12.8. The number of carbonyl (C=O) groups is 1. The van der Waals surface area contributed by atoms with Crippen LogP contribution in [0.1, 0.15) is 33.0 Å². The van der Waals surface area contributed by atoms with Crippen molar-refractivity contribution in [1.82, 2.24) is 15.1 Å². The average molecular weight is 342 g/mol. The van der Waals surface area contributed by atoms with E-state index in [0.29, 0.717) is 6.04 Å². The predicted molar refractivity (Wildman–Crippen MR) is 92.3 cm³/mol. The van der Waals surface area contributed by atoms with Crippen molar-refractivity contribution < 1.29 is 4.79 Å². The molecule has 3 aliphatic rings. The molecule has 1 aromatic heterocycles. The molecule has 1 aromatic rings. The third-order valence-electron chi connectivity index (χ3n) is 5.11. The second kappa shape index (κ2) is 6.87. The summed E-state index contributed by atoms with van der Waals surface area (Å²) in [5, 5.41) is 3.43. The van der Waals surface area contributed by atoms with Crippen LogP contribution in [0, 0.1) is 0 Å². The van der Waals surface area contributed by atoms with Gasteiger partial charge in [-0.15, -0.1) is 23.7 Å². The predicted octanol–water partition coefficient (Wildman–Crippen LogP) is 1.78. The van der Waals surface area contributed by atoms with Crippen LogP contribution in [0.15, 0.2) is 6.07 Å². The van der Waals surface area contributed by atoms with Gasteiger partial charge in [-0.1, -0.05) is 0 Å². The molecule has 0 saturated carbocycles. The van der Waals surface area contributed by atoms with Gasteiger partial charge in [-0.05, 0) is 43.9 Å². The standard InChI is InChI=1S/C16H23N3OS.ClH/c20-16(15-10-12-2-1-3-14(12)21-15)19-8-6-18(7-9-19)13-4-5-17-11-13;/h10,13,17H,1-9,11H2;1H. The van der Waals surface area contributed by atoms with Crippen LogP contribution in [-0.4, -0.2) is 61.0 Å². The summed E-state index contributed by atoms with van der Waals surface area (Å²) in [5.74, 6) is 0.263. The number of amides is 1. The van der Waals surface area contributed by atoms with Gasteiger partial charge < -0.3 is 10.2 Å². The van der Waals surface area contributed by atoms with Gasteiger partial charge in [-0.25, -0.2) is 0 Å². The molecule has 2 fully saturated rings. The highest BCUT2D eigenvalue weighted by molar-refractivity contribution is 7.14. The first kappa shape index (κ1) is 16.2. The molecule has 4 rings (SSSR count). The third kappa shape index (κ3) is 3.04. The monoisotopic (exact) mass is 341 g/mol. The number of aryl methyl sites for hydroxylation is 2. The van der Waals surface area contributed by atoms with E-state index in [9.17, 15) is 4.79 Å². The molecule has 0 radical (unpaired) electrons. The first-order chi connectivity index (χ1) is 10.3. The van der Waals surface area contributed by atoms with Gasteiger partial charge in [0.1, 0.15) is 0 Å². The Hall–Kier alpha value is -0.620. The van der Waals surface area contributed by atoms with Crippen molar-refractivity contribution in [2.24, 2.45) is 0 Å². The second-order valence-electron chi connectivity index (χ2n) is 6.39. The van der Waals surface area contributed by atoms with E-state index < -0.39 is 0 Å². The average Bonchev–Trinajstić information content (AvgIpc) is 3.23. The number of fused-ring (bicyclic) bond motifs is 1. The van der Waals surface area contributed by atoms with E-state index in [4.69, 9.17) is 0 Å². The van der Waals surface area contributed by atoms with Crippen LogP contribution in [0.25, 0.3) is 0 Å². The first-order valence-electron chi connectivity index (χ1n) is 8.17. The number of carbonyl (C=O) groups excluding carboxylic acids is 1. The first-order valence-corrected chi connectivity index (χ1v) is 8.98. The molecule has 122 valence electrons. The van der Waals surface area contributed by atoms with E-state index in [2.05, 4.69) is 21.2 Å². The van der Waals surface area contributed by atoms with E-state index in [-0.39, 0.29) is 18.3 Å². The van der Waals surface area contributed by atoms with Gasteiger partial charge in [0.25, 0.3) is 5.91 Å². The zero-order valence-corrected chi connectivity index (χ0v) is 14.5. The number of nitrogens with zero attached hydrogens (tertiary/aromatic N) is 2. The van der Waals surface area contributed by atoms with Crippen molar-refractivity contribution >= 4 is 29.7 Å². The fraction of sp³-hybridized carbons (Fsp3) is 0.688. The maximum absolute atomic E-state index is 12.6. The SMILES string of the molecule is Cl.O=C(c1cc2c(s1)CCC2)N1CCN(C2CCNC2)CC1. The normalized spacial score (nSPS) is 25.1. The van der Waals surface area contributed by atoms with Crippen LogP contribution in [0.3, 0.4) is 0 Å². The lowest BCUT2D eigenvalue weighted by atomic mass is 10.2. The molecule has 3 heterocycles. The number of halogens is 1. The van der Waals surface area contributed by atoms with Crippen LogP contribution >= 0.6 is 23.7 Å². The Bertz CT molecular complexity index is 512. The molecule has 22 heavy (non-hydrogen) atoms. The summed E-state index contributed by atoms with van der Waals surface area (Å²) >= 11 is 1.74. The number of piperazine rings is 1. The highest BCUT2D eigenvalue weighted by atomic mass is 35.5. The van der Waals surface area contributed by atoms with Gasteiger partial charge in [0.05, 0.1) is 4.88 Å². The van der Waals surface area contributed by atoms with Gasteiger partial charge in [-0.3, -0.25) is 9.69 Å². The molecule has 1 aliphatic carbocycles. The van der Waals surface area contributed by atoms with Gasteiger partial charge in [0.15, 0.2) is 0 Å². The Kier molecular flexibility index (Phi) is 5.07. The fourth-order valence-corrected chi connectivity index (χ4v) is 5.05. The molecule has 0 aromatic carbocycles. The summed E-state index contributed by atoms with van der Waals surface area (Å²) in [4.78, 5) is 19.7. The summed E-state index contributed by atoms with van der Waals surface area (Å²) in [6.07, 6.45) is 4.87. The van der Waals surface area contributed by atoms with E-state index in [0.717, 1.165) is 44.1 Å². The van der Waals surface area contributed by atoms with Crippen LogP contribution in [0.4, 0.5) is 0 Å². The number of hydrogen-bond acceptors (Lipinski definition) is 4. The van der Waals surface area contributed by atoms with Gasteiger partial charge in [0, 0.05) is 43.6 Å². The summed E-state index contributed by atoms with van der Waals surface area (Å²) in [6, 6.07) is 2.84. The van der Waals surface area contributed by atoms with Crippen LogP contribution in [0.2, 0.25) is 0 Å². The molecule has 1 unspecified atom stereocenters. The minimum atomic E-state index is 0. The largest absolute Gasteiger partial charge is 0.335 e. The van der Waals surface area contributed by atoms with Crippen molar-refractivity contribution in [3.8, 4) is 0 Å². The molecule has 0 bridgehead atoms. The topological polar surface area (TPSA) is 35.6 Å². The molecule has 6 heteroatoms. The van der Waals surface area contributed by atoms with Crippen molar-refractivity contribution in [2.75, 3.05) is 39.3 Å². The lowest BCUT2D eigenvalue weighted by Gasteiger charge is -2.37. The molecular formula is C16H24ClN3OS. The smallest absolute Gasteiger partial charge is 0.264 e. The molecule has 1 N–H and O–H groups in total. The molecule has 2 saturated heterocycles. The molecule has 1 amide bonds. The third-order valence-corrected chi connectivity index (χ3v) is 6.33. The summed E-state index contributed by atoms with van der Waals surface area (Å²) in [5.41, 5.74) is 1.43. The van der Waals surface area contributed by atoms with Gasteiger partial charge in [-0.2, -0.15) is 0 Å². The van der Waals surface area contributed by atoms with Crippen molar-refractivity contribution in [3.63, 3.8) is 0 Å². The number of thiophene rings is 1. The van der Waals surface area contributed by atoms with Crippen LogP contribution < -0.4 is 5.32 Å². The number of rotatable bonds is 2. The quantitative estimate of drug-likeness (QED) is 0.890. The fourth-order valence-electron chi connectivity index (χ4n) is 3.83. The maximum Gasteiger partial charge on any atom is 0.264 e. The minimum Gasteiger partial charge on any atom is -0.335 e. The van der Waals surface area contributed by atoms with E-state index in [1.807, 2.05) is 0 Å². The van der Waals surface area contributed by atoms with E-state index in [1.165, 1.54) is 36.1 Å². The molecule has 2 aliphatic heterocycles. The number of nitrogens with one attached hydrogen (secondary N) is 1. The summed E-state index contributed by atoms with van der Waals surface area (Å²) in [7, 11) is 0.